The zero-order valence-electron chi connectivity index (χ0n) is 12.0. The summed E-state index contributed by atoms with van der Waals surface area (Å²) in [5.74, 6) is 0. The van der Waals surface area contributed by atoms with E-state index in [4.69, 9.17) is 5.26 Å². The second-order valence-electron chi connectivity index (χ2n) is 6.64. The predicted molar refractivity (Wildman–Crippen MR) is 73.9 cm³/mol. The van der Waals surface area contributed by atoms with Crippen LogP contribution in [0.3, 0.4) is 0 Å². The second-order valence-corrected chi connectivity index (χ2v) is 6.64. The first-order chi connectivity index (χ1) is 8.22. The molecule has 0 saturated carbocycles. The molecule has 0 aliphatic carbocycles. The molecule has 0 bridgehead atoms. The van der Waals surface area contributed by atoms with E-state index in [1.165, 1.54) is 0 Å². The smallest absolute Gasteiger partial charge is 0.140 e. The van der Waals surface area contributed by atoms with Gasteiger partial charge in [0.05, 0.1) is 0 Å². The Kier molecular flexibility index (Phi) is 4.48. The summed E-state index contributed by atoms with van der Waals surface area (Å²) in [6.45, 7) is 11.9. The highest BCUT2D eigenvalue weighted by Crippen LogP contribution is 2.26. The van der Waals surface area contributed by atoms with E-state index in [0.717, 1.165) is 18.5 Å². The topological polar surface area (TPSA) is 48.7 Å². The number of nitrogens with zero attached hydrogens (tertiary/aromatic N) is 2. The Bertz CT molecular complexity index is 436. The van der Waals surface area contributed by atoms with Crippen LogP contribution in [-0.4, -0.2) is 10.5 Å². The molecule has 1 heterocycles. The van der Waals surface area contributed by atoms with E-state index in [1.807, 2.05) is 12.1 Å². The fourth-order valence-electron chi connectivity index (χ4n) is 2.38. The molecule has 3 heteroatoms. The summed E-state index contributed by atoms with van der Waals surface area (Å²) in [4.78, 5) is 3.97. The van der Waals surface area contributed by atoms with Crippen LogP contribution in [-0.2, 0) is 6.54 Å². The molecule has 1 rings (SSSR count). The number of hydrogen-bond donors (Lipinski definition) is 1. The minimum atomic E-state index is 0.0777. The van der Waals surface area contributed by atoms with Crippen molar-refractivity contribution in [3.8, 4) is 6.07 Å². The van der Waals surface area contributed by atoms with Gasteiger partial charge in [0.25, 0.3) is 0 Å². The van der Waals surface area contributed by atoms with E-state index < -0.39 is 0 Å². The average Bonchev–Trinajstić information content (AvgIpc) is 2.24. The van der Waals surface area contributed by atoms with E-state index in [9.17, 15) is 0 Å². The van der Waals surface area contributed by atoms with E-state index >= 15 is 0 Å². The second kappa shape index (κ2) is 5.49. The molecule has 0 saturated heterocycles. The first kappa shape index (κ1) is 14.7. The molecular weight excluding hydrogens is 222 g/mol. The van der Waals surface area contributed by atoms with Gasteiger partial charge in [-0.3, -0.25) is 0 Å². The Labute approximate surface area is 110 Å². The lowest BCUT2D eigenvalue weighted by molar-refractivity contribution is 0.240. The van der Waals surface area contributed by atoms with Gasteiger partial charge in [-0.25, -0.2) is 4.98 Å². The maximum atomic E-state index is 8.81. The first-order valence-electron chi connectivity index (χ1n) is 6.32. The SMILES string of the molecule is CC(C)(C)CC(C)(C)NCc1ccnc(C#N)c1. The standard InChI is InChI=1S/C15H23N3/c1-14(2,3)11-15(4,5)18-10-12-6-7-17-13(8-12)9-16/h6-8,18H,10-11H2,1-5H3. The molecule has 0 aliphatic rings. The Morgan fingerprint density at radius 1 is 1.28 bits per heavy atom. The van der Waals surface area contributed by atoms with Gasteiger partial charge in [-0.2, -0.15) is 5.26 Å². The van der Waals surface area contributed by atoms with Crippen molar-refractivity contribution >= 4 is 0 Å². The maximum Gasteiger partial charge on any atom is 0.140 e. The van der Waals surface area contributed by atoms with Gasteiger partial charge >= 0.3 is 0 Å². The molecule has 98 valence electrons. The van der Waals surface area contributed by atoms with E-state index in [2.05, 4.69) is 51.0 Å². The highest BCUT2D eigenvalue weighted by Gasteiger charge is 2.24. The van der Waals surface area contributed by atoms with Crippen molar-refractivity contribution in [2.24, 2.45) is 5.41 Å². The summed E-state index contributed by atoms with van der Waals surface area (Å²) < 4.78 is 0. The Balaban J connectivity index is 2.61. The molecule has 0 unspecified atom stereocenters. The molecule has 0 aromatic carbocycles. The van der Waals surface area contributed by atoms with Gasteiger partial charge in [0, 0.05) is 18.3 Å². The lowest BCUT2D eigenvalue weighted by atomic mass is 9.82. The molecule has 18 heavy (non-hydrogen) atoms. The quantitative estimate of drug-likeness (QED) is 0.885. The number of hydrogen-bond acceptors (Lipinski definition) is 3. The third-order valence-electron chi connectivity index (χ3n) is 2.68. The maximum absolute atomic E-state index is 8.81. The van der Waals surface area contributed by atoms with E-state index in [0.29, 0.717) is 11.1 Å². The van der Waals surface area contributed by atoms with Crippen LogP contribution in [0.25, 0.3) is 0 Å². The summed E-state index contributed by atoms with van der Waals surface area (Å²) in [5.41, 5.74) is 1.95. The molecule has 0 amide bonds. The monoisotopic (exact) mass is 245 g/mol. The number of nitrogens with one attached hydrogen (secondary N) is 1. The van der Waals surface area contributed by atoms with Crippen LogP contribution in [0.4, 0.5) is 0 Å². The Morgan fingerprint density at radius 3 is 2.50 bits per heavy atom. The van der Waals surface area contributed by atoms with Crippen molar-refractivity contribution in [1.29, 1.82) is 5.26 Å². The lowest BCUT2D eigenvalue weighted by Gasteiger charge is -2.33. The average molecular weight is 245 g/mol. The van der Waals surface area contributed by atoms with Gasteiger partial charge < -0.3 is 5.32 Å². The van der Waals surface area contributed by atoms with Crippen molar-refractivity contribution < 1.29 is 0 Å². The van der Waals surface area contributed by atoms with Crippen LogP contribution in [0.1, 0.15) is 52.3 Å². The fraction of sp³-hybridized carbons (Fsp3) is 0.600. The van der Waals surface area contributed by atoms with Crippen molar-refractivity contribution in [1.82, 2.24) is 10.3 Å². The van der Waals surface area contributed by atoms with Gasteiger partial charge in [-0.1, -0.05) is 20.8 Å². The molecular formula is C15H23N3. The van der Waals surface area contributed by atoms with Crippen LogP contribution in [0, 0.1) is 16.7 Å². The summed E-state index contributed by atoms with van der Waals surface area (Å²) >= 11 is 0. The van der Waals surface area contributed by atoms with Crippen LogP contribution in [0.15, 0.2) is 18.3 Å². The largest absolute Gasteiger partial charge is 0.308 e. The Hall–Kier alpha value is -1.40. The Morgan fingerprint density at radius 2 is 1.94 bits per heavy atom. The van der Waals surface area contributed by atoms with Crippen molar-refractivity contribution in [3.63, 3.8) is 0 Å². The highest BCUT2D eigenvalue weighted by molar-refractivity contribution is 5.25. The van der Waals surface area contributed by atoms with Crippen LogP contribution < -0.4 is 5.32 Å². The summed E-state index contributed by atoms with van der Waals surface area (Å²) in [6, 6.07) is 5.84. The molecule has 0 aliphatic heterocycles. The van der Waals surface area contributed by atoms with E-state index in [1.54, 1.807) is 6.20 Å². The third-order valence-corrected chi connectivity index (χ3v) is 2.68. The highest BCUT2D eigenvalue weighted by atomic mass is 15.0. The van der Waals surface area contributed by atoms with Gasteiger partial charge in [0.15, 0.2) is 0 Å². The molecule has 1 aromatic heterocycles. The molecule has 0 fully saturated rings. The molecule has 0 spiro atoms. The van der Waals surface area contributed by atoms with Crippen LogP contribution >= 0.6 is 0 Å². The normalized spacial score (nSPS) is 12.2. The zero-order chi connectivity index (χ0) is 13.8. The van der Waals surface area contributed by atoms with Crippen molar-refractivity contribution in [3.05, 3.63) is 29.6 Å². The van der Waals surface area contributed by atoms with Gasteiger partial charge in [-0.15, -0.1) is 0 Å². The van der Waals surface area contributed by atoms with Gasteiger partial charge in [0.1, 0.15) is 11.8 Å². The van der Waals surface area contributed by atoms with Gasteiger partial charge in [-0.05, 0) is 43.4 Å². The number of rotatable bonds is 4. The van der Waals surface area contributed by atoms with Crippen molar-refractivity contribution in [2.45, 2.75) is 53.1 Å². The number of nitriles is 1. The summed E-state index contributed by atoms with van der Waals surface area (Å²) in [6.07, 6.45) is 2.78. The molecule has 1 aromatic rings. The first-order valence-corrected chi connectivity index (χ1v) is 6.32. The molecule has 0 atom stereocenters. The lowest BCUT2D eigenvalue weighted by Crippen LogP contribution is -2.41. The molecule has 1 N–H and O–H groups in total. The minimum Gasteiger partial charge on any atom is -0.308 e. The van der Waals surface area contributed by atoms with Gasteiger partial charge in [0.2, 0.25) is 0 Å². The van der Waals surface area contributed by atoms with Crippen LogP contribution in [0.2, 0.25) is 0 Å². The number of aromatic nitrogens is 1. The third kappa shape index (κ3) is 5.29. The summed E-state index contributed by atoms with van der Waals surface area (Å²) in [5, 5.41) is 12.4. The fourth-order valence-corrected chi connectivity index (χ4v) is 2.38. The minimum absolute atomic E-state index is 0.0777. The van der Waals surface area contributed by atoms with E-state index in [-0.39, 0.29) is 5.54 Å². The van der Waals surface area contributed by atoms with Crippen LogP contribution in [0.5, 0.6) is 0 Å². The molecule has 3 nitrogen and oxygen atoms in total. The molecule has 0 radical (unpaired) electrons. The number of pyridine rings is 1. The predicted octanol–water partition coefficient (Wildman–Crippen LogP) is 3.26. The summed E-state index contributed by atoms with van der Waals surface area (Å²) in [7, 11) is 0. The van der Waals surface area contributed by atoms with Crippen molar-refractivity contribution in [2.75, 3.05) is 0 Å². The zero-order valence-corrected chi connectivity index (χ0v) is 12.0.